The Bertz CT molecular complexity index is 650. The van der Waals surface area contributed by atoms with Gasteiger partial charge in [0.2, 0.25) is 5.91 Å². The average Bonchev–Trinajstić information content (AvgIpc) is 3.11. The van der Waals surface area contributed by atoms with Crippen molar-refractivity contribution >= 4 is 30.0 Å². The van der Waals surface area contributed by atoms with Crippen LogP contribution in [0.3, 0.4) is 0 Å². The zero-order valence-electron chi connectivity index (χ0n) is 14.7. The van der Waals surface area contributed by atoms with Crippen molar-refractivity contribution < 1.29 is 32.2 Å². The van der Waals surface area contributed by atoms with Crippen LogP contribution in [0.2, 0.25) is 0 Å². The highest BCUT2D eigenvalue weighted by Gasteiger charge is 2.29. The number of hydrogen-bond donors (Lipinski definition) is 2. The number of benzene rings is 1. The van der Waals surface area contributed by atoms with Gasteiger partial charge in [-0.1, -0.05) is 0 Å². The van der Waals surface area contributed by atoms with Gasteiger partial charge in [-0.25, -0.2) is 4.79 Å². The summed E-state index contributed by atoms with van der Waals surface area (Å²) in [4.78, 5) is 23.7. The fourth-order valence-corrected chi connectivity index (χ4v) is 2.66. The Balaban J connectivity index is 0.00000364. The van der Waals surface area contributed by atoms with Crippen LogP contribution in [0.4, 0.5) is 18.9 Å². The zero-order chi connectivity index (χ0) is 19.2. The van der Waals surface area contributed by atoms with Crippen LogP contribution < -0.4 is 15.4 Å². The second-order valence-corrected chi connectivity index (χ2v) is 6.05. The molecule has 1 saturated heterocycles. The van der Waals surface area contributed by atoms with Crippen molar-refractivity contribution in [2.45, 2.75) is 25.4 Å². The van der Waals surface area contributed by atoms with E-state index in [1.165, 1.54) is 12.1 Å². The Kier molecular flexibility index (Phi) is 8.84. The molecule has 0 radical (unpaired) electrons. The quantitative estimate of drug-likeness (QED) is 0.675. The van der Waals surface area contributed by atoms with E-state index in [1.54, 1.807) is 0 Å². The van der Waals surface area contributed by atoms with Crippen LogP contribution in [-0.4, -0.2) is 44.9 Å². The summed E-state index contributed by atoms with van der Waals surface area (Å²) in [5, 5.41) is 5.76. The Morgan fingerprint density at radius 2 is 2.07 bits per heavy atom. The van der Waals surface area contributed by atoms with E-state index in [-0.39, 0.29) is 41.7 Å². The first-order valence-electron chi connectivity index (χ1n) is 8.21. The van der Waals surface area contributed by atoms with Crippen LogP contribution in [-0.2, 0) is 9.53 Å². The molecule has 2 N–H and O–H groups in total. The lowest BCUT2D eigenvalue weighted by Crippen LogP contribution is -2.21. The predicted octanol–water partition coefficient (Wildman–Crippen LogP) is 3.16. The summed E-state index contributed by atoms with van der Waals surface area (Å²) < 4.78 is 46.6. The van der Waals surface area contributed by atoms with Crippen molar-refractivity contribution in [3.05, 3.63) is 23.8 Å². The fraction of sp³-hybridized carbons (Fsp3) is 0.529. The Morgan fingerprint density at radius 1 is 1.33 bits per heavy atom. The maximum atomic E-state index is 12.4. The molecule has 0 spiro atoms. The van der Waals surface area contributed by atoms with Gasteiger partial charge in [0.1, 0.15) is 5.75 Å². The number of alkyl halides is 3. The van der Waals surface area contributed by atoms with Gasteiger partial charge in [0.25, 0.3) is 0 Å². The second-order valence-electron chi connectivity index (χ2n) is 6.05. The minimum absolute atomic E-state index is 0. The van der Waals surface area contributed by atoms with Crippen molar-refractivity contribution in [3.63, 3.8) is 0 Å². The molecule has 0 aliphatic carbocycles. The topological polar surface area (TPSA) is 76.7 Å². The van der Waals surface area contributed by atoms with Crippen LogP contribution in [0, 0.1) is 5.92 Å². The number of amides is 1. The molecule has 1 aliphatic rings. The molecule has 1 aromatic rings. The fourth-order valence-electron chi connectivity index (χ4n) is 2.66. The molecule has 1 unspecified atom stereocenters. The van der Waals surface area contributed by atoms with Crippen molar-refractivity contribution in [2.24, 2.45) is 5.92 Å². The molecule has 1 atom stereocenters. The van der Waals surface area contributed by atoms with Gasteiger partial charge >= 0.3 is 12.1 Å². The zero-order valence-corrected chi connectivity index (χ0v) is 15.5. The minimum Gasteiger partial charge on any atom is -0.482 e. The molecule has 1 aromatic carbocycles. The van der Waals surface area contributed by atoms with E-state index in [1.807, 2.05) is 0 Å². The number of carbonyl (C=O) groups is 2. The number of nitrogens with one attached hydrogen (secondary N) is 2. The molecular formula is C17H22ClF3N2O4. The van der Waals surface area contributed by atoms with Crippen molar-refractivity contribution in [3.8, 4) is 5.75 Å². The van der Waals surface area contributed by atoms with Crippen LogP contribution in [0.1, 0.15) is 29.6 Å². The molecular weight excluding hydrogens is 389 g/mol. The van der Waals surface area contributed by atoms with Gasteiger partial charge in [-0.2, -0.15) is 13.2 Å². The maximum Gasteiger partial charge on any atom is 0.422 e. The molecule has 1 heterocycles. The van der Waals surface area contributed by atoms with Crippen LogP contribution >= 0.6 is 12.4 Å². The van der Waals surface area contributed by atoms with Gasteiger partial charge < -0.3 is 20.1 Å². The monoisotopic (exact) mass is 410 g/mol. The van der Waals surface area contributed by atoms with Crippen LogP contribution in [0.15, 0.2) is 18.2 Å². The highest BCUT2D eigenvalue weighted by Crippen LogP contribution is 2.29. The van der Waals surface area contributed by atoms with Crippen molar-refractivity contribution in [2.75, 3.05) is 32.1 Å². The normalized spacial score (nSPS) is 16.4. The lowest BCUT2D eigenvalue weighted by Gasteiger charge is -2.15. The van der Waals surface area contributed by atoms with E-state index >= 15 is 0 Å². The first-order valence-corrected chi connectivity index (χ1v) is 8.21. The number of halogens is 4. The number of rotatable bonds is 7. The van der Waals surface area contributed by atoms with Gasteiger partial charge in [-0.15, -0.1) is 12.4 Å². The highest BCUT2D eigenvalue weighted by atomic mass is 35.5. The molecule has 1 aliphatic heterocycles. The van der Waals surface area contributed by atoms with E-state index in [4.69, 9.17) is 4.74 Å². The van der Waals surface area contributed by atoms with Gasteiger partial charge in [-0.05, 0) is 50.0 Å². The molecule has 2 rings (SSSR count). The number of hydrogen-bond acceptors (Lipinski definition) is 5. The van der Waals surface area contributed by atoms with Crippen molar-refractivity contribution in [1.29, 1.82) is 0 Å². The third-order valence-electron chi connectivity index (χ3n) is 4.01. The van der Waals surface area contributed by atoms with Gasteiger partial charge in [0.05, 0.1) is 18.4 Å². The van der Waals surface area contributed by atoms with Gasteiger partial charge in [-0.3, -0.25) is 4.79 Å². The first-order chi connectivity index (χ1) is 12.3. The molecule has 0 aromatic heterocycles. The molecule has 0 saturated carbocycles. The molecule has 1 fully saturated rings. The maximum absolute atomic E-state index is 12.4. The molecule has 0 bridgehead atoms. The summed E-state index contributed by atoms with van der Waals surface area (Å²) >= 11 is 0. The third-order valence-corrected chi connectivity index (χ3v) is 4.01. The molecule has 6 nitrogen and oxygen atoms in total. The highest BCUT2D eigenvalue weighted by molar-refractivity contribution is 5.95. The summed E-state index contributed by atoms with van der Waals surface area (Å²) in [5.74, 6) is -0.849. The SMILES string of the molecule is COC(=O)c1ccc(NC(=O)CCC2CCNC2)c(OCC(F)(F)F)c1.Cl. The van der Waals surface area contributed by atoms with Crippen LogP contribution in [0.5, 0.6) is 5.75 Å². The Morgan fingerprint density at radius 3 is 2.67 bits per heavy atom. The number of ether oxygens (including phenoxy) is 2. The summed E-state index contributed by atoms with van der Waals surface area (Å²) in [5.41, 5.74) is 0.108. The summed E-state index contributed by atoms with van der Waals surface area (Å²) in [7, 11) is 1.16. The number of methoxy groups -OCH3 is 1. The lowest BCUT2D eigenvalue weighted by atomic mass is 10.0. The van der Waals surface area contributed by atoms with E-state index in [0.717, 1.165) is 32.7 Å². The minimum atomic E-state index is -4.54. The summed E-state index contributed by atoms with van der Waals surface area (Å²) in [6.07, 6.45) is -2.60. The number of anilines is 1. The Labute approximate surface area is 161 Å². The van der Waals surface area contributed by atoms with E-state index in [9.17, 15) is 22.8 Å². The molecule has 152 valence electrons. The number of carbonyl (C=O) groups excluding carboxylic acids is 2. The standard InChI is InChI=1S/C17H21F3N2O4.ClH/c1-25-16(24)12-3-4-13(14(8-12)26-10-17(18,19)20)22-15(23)5-2-11-6-7-21-9-11;/h3-4,8,11,21H,2,5-7,9-10H2,1H3,(H,22,23);1H. The third kappa shape index (κ3) is 7.64. The van der Waals surface area contributed by atoms with Crippen LogP contribution in [0.25, 0.3) is 0 Å². The van der Waals surface area contributed by atoms with E-state index in [2.05, 4.69) is 15.4 Å². The summed E-state index contributed by atoms with van der Waals surface area (Å²) in [6, 6.07) is 3.80. The average molecular weight is 411 g/mol. The largest absolute Gasteiger partial charge is 0.482 e. The molecule has 1 amide bonds. The molecule has 10 heteroatoms. The van der Waals surface area contributed by atoms with E-state index < -0.39 is 18.8 Å². The smallest absolute Gasteiger partial charge is 0.422 e. The first kappa shape index (κ1) is 23.0. The predicted molar refractivity (Wildman–Crippen MR) is 95.4 cm³/mol. The van der Waals surface area contributed by atoms with Gasteiger partial charge in [0.15, 0.2) is 6.61 Å². The number of esters is 1. The Hall–Kier alpha value is -2.00. The van der Waals surface area contributed by atoms with Crippen molar-refractivity contribution in [1.82, 2.24) is 5.32 Å². The summed E-state index contributed by atoms with van der Waals surface area (Å²) in [6.45, 7) is 0.256. The van der Waals surface area contributed by atoms with E-state index in [0.29, 0.717) is 12.3 Å². The second kappa shape index (κ2) is 10.4. The molecule has 27 heavy (non-hydrogen) atoms. The van der Waals surface area contributed by atoms with Gasteiger partial charge in [0, 0.05) is 6.42 Å². The lowest BCUT2D eigenvalue weighted by molar-refractivity contribution is -0.153.